The lowest BCUT2D eigenvalue weighted by molar-refractivity contribution is -0.870. The summed E-state index contributed by atoms with van der Waals surface area (Å²) in [5, 5.41) is 0. The number of esters is 1. The van der Waals surface area contributed by atoms with Crippen molar-refractivity contribution >= 4 is 13.8 Å². The van der Waals surface area contributed by atoms with Crippen LogP contribution in [-0.2, 0) is 27.9 Å². The zero-order valence-electron chi connectivity index (χ0n) is 35.1. The van der Waals surface area contributed by atoms with E-state index in [0.717, 1.165) is 89.9 Å². The van der Waals surface area contributed by atoms with Crippen molar-refractivity contribution in [1.82, 2.24) is 0 Å². The van der Waals surface area contributed by atoms with Gasteiger partial charge >= 0.3 is 5.97 Å². The normalized spacial score (nSPS) is 14.9. The molecule has 0 aromatic rings. The molecule has 0 heterocycles. The molecule has 0 aromatic carbocycles. The highest BCUT2D eigenvalue weighted by Crippen LogP contribution is 2.38. The lowest BCUT2D eigenvalue weighted by Gasteiger charge is -2.28. The van der Waals surface area contributed by atoms with Gasteiger partial charge in [-0.05, 0) is 83.5 Å². The second-order valence-electron chi connectivity index (χ2n) is 14.2. The quantitative estimate of drug-likeness (QED) is 0.0205. The lowest BCUT2D eigenvalue weighted by Crippen LogP contribution is -2.37. The van der Waals surface area contributed by atoms with Gasteiger partial charge in [0.25, 0.3) is 7.82 Å². The molecule has 0 aliphatic carbocycles. The van der Waals surface area contributed by atoms with Gasteiger partial charge < -0.3 is 27.9 Å². The van der Waals surface area contributed by atoms with Crippen molar-refractivity contribution < 1.29 is 37.3 Å². The highest BCUT2D eigenvalue weighted by Gasteiger charge is 2.20. The lowest BCUT2D eigenvalue weighted by atomic mass is 10.1. The maximum Gasteiger partial charge on any atom is 0.306 e. The topological polar surface area (TPSA) is 94.1 Å². The van der Waals surface area contributed by atoms with E-state index in [9.17, 15) is 14.3 Å². The number of carbonyl (C=O) groups excluding carboxylic acids is 1. The average Bonchev–Trinajstić information content (AvgIpc) is 3.13. The third-order valence-electron chi connectivity index (χ3n) is 7.83. The average molecular weight is 786 g/mol. The first-order chi connectivity index (χ1) is 26.6. The number of likely N-dealkylation sites (N-methyl/N-ethyl adjacent to an activating group) is 1. The van der Waals surface area contributed by atoms with Crippen molar-refractivity contribution in [3.05, 3.63) is 109 Å². The van der Waals surface area contributed by atoms with E-state index < -0.39 is 19.9 Å². The fourth-order valence-corrected chi connectivity index (χ4v) is 5.43. The van der Waals surface area contributed by atoms with Crippen LogP contribution in [0.25, 0.3) is 0 Å². The SMILES string of the molecule is CC/C=C\C/C=C\C/C=C\C/C=C\C/C=C\CCCCCCOCC(COP(=O)([O-])OCC[N+](C)(C)C)OC(=O)CC/C=C\C/C=C\C/C=C\C/C=C\CC. The van der Waals surface area contributed by atoms with Gasteiger partial charge in [0.2, 0.25) is 0 Å². The Kier molecular flexibility index (Phi) is 36.1. The number of rotatable bonds is 36. The van der Waals surface area contributed by atoms with Gasteiger partial charge in [-0.25, -0.2) is 0 Å². The Hall–Kier alpha value is -2.84. The van der Waals surface area contributed by atoms with E-state index >= 15 is 0 Å². The predicted molar refractivity (Wildman–Crippen MR) is 231 cm³/mol. The summed E-state index contributed by atoms with van der Waals surface area (Å²) < 4.78 is 34.4. The fraction of sp³-hybridized carbons (Fsp3) is 0.587. The van der Waals surface area contributed by atoms with Crippen molar-refractivity contribution in [2.75, 3.05) is 54.1 Å². The summed E-state index contributed by atoms with van der Waals surface area (Å²) in [6.45, 7) is 4.96. The standard InChI is InChI=1S/C46H76NO7P/c1-6-8-10-12-14-16-18-20-21-22-23-24-25-26-28-30-32-34-36-38-41-51-43-45(44-53-55(49,50)52-42-40-47(3,4)5)54-46(48)39-37-35-33-31-29-27-19-17-15-13-11-9-7-2/h8-11,14-17,20-21,23-24,26-29,33,35,45H,6-7,12-13,18-19,22,25,30-32,34,36-44H2,1-5H3/b10-8-,11-9-,16-14-,17-15-,21-20-,24-23-,28-26-,29-27-,35-33-. The summed E-state index contributed by atoms with van der Waals surface area (Å²) >= 11 is 0. The van der Waals surface area contributed by atoms with Crippen LogP contribution in [-0.4, -0.2) is 70.7 Å². The highest BCUT2D eigenvalue weighted by molar-refractivity contribution is 7.45. The summed E-state index contributed by atoms with van der Waals surface area (Å²) in [6, 6.07) is 0. The first-order valence-corrected chi connectivity index (χ1v) is 22.1. The molecule has 0 aliphatic heterocycles. The van der Waals surface area contributed by atoms with Crippen LogP contribution in [0.3, 0.4) is 0 Å². The number of hydrogen-bond donors (Lipinski definition) is 0. The molecule has 0 saturated heterocycles. The Bertz CT molecular complexity index is 1240. The minimum atomic E-state index is -4.56. The van der Waals surface area contributed by atoms with Gasteiger partial charge in [0.1, 0.15) is 19.3 Å². The molecule has 55 heavy (non-hydrogen) atoms. The van der Waals surface area contributed by atoms with Gasteiger partial charge in [-0.3, -0.25) is 9.36 Å². The number of quaternary nitrogens is 1. The molecule has 9 heteroatoms. The van der Waals surface area contributed by atoms with Crippen molar-refractivity contribution in [3.63, 3.8) is 0 Å². The molecule has 8 nitrogen and oxygen atoms in total. The van der Waals surface area contributed by atoms with Crippen molar-refractivity contribution in [1.29, 1.82) is 0 Å². The van der Waals surface area contributed by atoms with Crippen LogP contribution in [0.15, 0.2) is 109 Å². The maximum atomic E-state index is 12.6. The fourth-order valence-electron chi connectivity index (χ4n) is 4.70. The maximum absolute atomic E-state index is 12.6. The second kappa shape index (κ2) is 38.1. The molecule has 0 amide bonds. The van der Waals surface area contributed by atoms with Crippen LogP contribution in [0.5, 0.6) is 0 Å². The first kappa shape index (κ1) is 52.2. The molecule has 0 aliphatic rings. The van der Waals surface area contributed by atoms with Crippen molar-refractivity contribution in [2.24, 2.45) is 0 Å². The van der Waals surface area contributed by atoms with E-state index in [1.807, 2.05) is 33.3 Å². The Balaban J connectivity index is 4.42. The van der Waals surface area contributed by atoms with Crippen LogP contribution < -0.4 is 4.89 Å². The summed E-state index contributed by atoms with van der Waals surface area (Å²) in [5.41, 5.74) is 0. The molecule has 0 N–H and O–H groups in total. The van der Waals surface area contributed by atoms with Gasteiger partial charge in [-0.1, -0.05) is 136 Å². The van der Waals surface area contributed by atoms with E-state index in [0.29, 0.717) is 24.1 Å². The van der Waals surface area contributed by atoms with Gasteiger partial charge in [0.05, 0.1) is 34.4 Å². The van der Waals surface area contributed by atoms with Crippen LogP contribution in [0.2, 0.25) is 0 Å². The molecule has 312 valence electrons. The van der Waals surface area contributed by atoms with Crippen LogP contribution in [0, 0.1) is 0 Å². The Morgan fingerprint density at radius 3 is 1.47 bits per heavy atom. The minimum Gasteiger partial charge on any atom is -0.756 e. The molecule has 2 atom stereocenters. The number of unbranched alkanes of at least 4 members (excludes halogenated alkanes) is 4. The molecular weight excluding hydrogens is 709 g/mol. The Morgan fingerprint density at radius 2 is 1.00 bits per heavy atom. The number of hydrogen-bond acceptors (Lipinski definition) is 7. The molecule has 0 fully saturated rings. The predicted octanol–water partition coefficient (Wildman–Crippen LogP) is 11.4. The van der Waals surface area contributed by atoms with E-state index in [-0.39, 0.29) is 26.2 Å². The van der Waals surface area contributed by atoms with E-state index in [4.69, 9.17) is 18.5 Å². The van der Waals surface area contributed by atoms with E-state index in [2.05, 4.69) is 111 Å². The van der Waals surface area contributed by atoms with Crippen molar-refractivity contribution in [3.8, 4) is 0 Å². The monoisotopic (exact) mass is 786 g/mol. The second-order valence-corrected chi connectivity index (χ2v) is 15.6. The Morgan fingerprint density at radius 1 is 0.564 bits per heavy atom. The van der Waals surface area contributed by atoms with Crippen LogP contribution in [0.4, 0.5) is 0 Å². The minimum absolute atomic E-state index is 0.00117. The third-order valence-corrected chi connectivity index (χ3v) is 8.80. The molecule has 2 unspecified atom stereocenters. The summed E-state index contributed by atoms with van der Waals surface area (Å²) in [4.78, 5) is 24.9. The molecule has 0 rings (SSSR count). The van der Waals surface area contributed by atoms with E-state index in [1.54, 1.807) is 0 Å². The van der Waals surface area contributed by atoms with Gasteiger partial charge in [0.15, 0.2) is 0 Å². The zero-order chi connectivity index (χ0) is 40.6. The molecule has 0 spiro atoms. The summed E-state index contributed by atoms with van der Waals surface area (Å²) in [5.74, 6) is -0.429. The highest BCUT2D eigenvalue weighted by atomic mass is 31.2. The Labute approximate surface area is 336 Å². The molecule has 0 radical (unpaired) electrons. The molecule has 0 saturated carbocycles. The summed E-state index contributed by atoms with van der Waals surface area (Å²) in [6.07, 6.45) is 52.7. The summed E-state index contributed by atoms with van der Waals surface area (Å²) in [7, 11) is 1.27. The zero-order valence-corrected chi connectivity index (χ0v) is 36.0. The van der Waals surface area contributed by atoms with Crippen LogP contribution >= 0.6 is 7.82 Å². The number of ether oxygens (including phenoxy) is 2. The van der Waals surface area contributed by atoms with Gasteiger partial charge in [0, 0.05) is 13.0 Å². The first-order valence-electron chi connectivity index (χ1n) is 20.6. The molecular formula is C46H76NO7P. The third kappa shape index (κ3) is 42.1. The van der Waals surface area contributed by atoms with Crippen LogP contribution in [0.1, 0.15) is 117 Å². The molecule has 0 aromatic heterocycles. The number of phosphoric acid groups is 1. The number of allylic oxidation sites excluding steroid dienone is 18. The number of carbonyl (C=O) groups is 1. The van der Waals surface area contributed by atoms with Gasteiger partial charge in [-0.15, -0.1) is 0 Å². The number of nitrogens with zero attached hydrogens (tertiary/aromatic N) is 1. The van der Waals surface area contributed by atoms with E-state index in [1.165, 1.54) is 0 Å². The largest absolute Gasteiger partial charge is 0.756 e. The van der Waals surface area contributed by atoms with Crippen molar-refractivity contribution in [2.45, 2.75) is 123 Å². The number of phosphoric ester groups is 1. The van der Waals surface area contributed by atoms with Gasteiger partial charge in [-0.2, -0.15) is 0 Å². The molecule has 0 bridgehead atoms. The smallest absolute Gasteiger partial charge is 0.306 e.